The SMILES string of the molecule is CCn1c(=Cc2cccc[n+]2CC)s/c(=C2/Sc3ccccc3N2C)c1=O.[Cl-]. The van der Waals surface area contributed by atoms with Gasteiger partial charge in [-0.3, -0.25) is 9.36 Å². The Balaban J connectivity index is 0.00000225. The molecule has 146 valence electrons. The third-order valence-corrected chi connectivity index (χ3v) is 7.23. The number of pyridine rings is 1. The fraction of sp³-hybridized carbons (Fsp3) is 0.238. The fourth-order valence-corrected chi connectivity index (χ4v) is 5.77. The van der Waals surface area contributed by atoms with Crippen molar-refractivity contribution < 1.29 is 17.0 Å². The molecule has 1 aromatic carbocycles. The van der Waals surface area contributed by atoms with Gasteiger partial charge < -0.3 is 17.3 Å². The van der Waals surface area contributed by atoms with Gasteiger partial charge in [-0.2, -0.15) is 4.57 Å². The second-order valence-corrected chi connectivity index (χ2v) is 8.37. The van der Waals surface area contributed by atoms with Crippen LogP contribution in [0.1, 0.15) is 19.5 Å². The quantitative estimate of drug-likeness (QED) is 0.517. The molecule has 0 aliphatic carbocycles. The van der Waals surface area contributed by atoms with Crippen LogP contribution >= 0.6 is 23.1 Å². The Labute approximate surface area is 178 Å². The van der Waals surface area contributed by atoms with Crippen LogP contribution in [0.4, 0.5) is 5.69 Å². The molecule has 0 saturated carbocycles. The Morgan fingerprint density at radius 1 is 1.11 bits per heavy atom. The van der Waals surface area contributed by atoms with E-state index in [4.69, 9.17) is 0 Å². The number of para-hydroxylation sites is 1. The van der Waals surface area contributed by atoms with Gasteiger partial charge >= 0.3 is 0 Å². The van der Waals surface area contributed by atoms with E-state index in [1.165, 1.54) is 4.90 Å². The second-order valence-electron chi connectivity index (χ2n) is 6.31. The molecule has 4 nitrogen and oxygen atoms in total. The average Bonchev–Trinajstić information content (AvgIpc) is 3.19. The van der Waals surface area contributed by atoms with Crippen LogP contribution in [-0.4, -0.2) is 11.6 Å². The highest BCUT2D eigenvalue weighted by Crippen LogP contribution is 2.44. The summed E-state index contributed by atoms with van der Waals surface area (Å²) in [4.78, 5) is 16.5. The summed E-state index contributed by atoms with van der Waals surface area (Å²) < 4.78 is 5.86. The number of nitrogens with zero attached hydrogens (tertiary/aromatic N) is 3. The summed E-state index contributed by atoms with van der Waals surface area (Å²) in [7, 11) is 2.04. The monoisotopic (exact) mass is 431 g/mol. The van der Waals surface area contributed by atoms with Crippen molar-refractivity contribution in [3.63, 3.8) is 0 Å². The topological polar surface area (TPSA) is 29.1 Å². The van der Waals surface area contributed by atoms with E-state index < -0.39 is 0 Å². The number of hydrogen-bond acceptors (Lipinski definition) is 4. The molecule has 0 fully saturated rings. The largest absolute Gasteiger partial charge is 1.00 e. The van der Waals surface area contributed by atoms with E-state index >= 15 is 0 Å². The van der Waals surface area contributed by atoms with Gasteiger partial charge in [-0.25, -0.2) is 0 Å². The lowest BCUT2D eigenvalue weighted by Crippen LogP contribution is -3.00. The van der Waals surface area contributed by atoms with Gasteiger partial charge in [0.25, 0.3) is 5.56 Å². The highest BCUT2D eigenvalue weighted by Gasteiger charge is 2.24. The molecular formula is C21H22ClN3OS2. The summed E-state index contributed by atoms with van der Waals surface area (Å²) in [5.74, 6) is 0. The zero-order valence-electron chi connectivity index (χ0n) is 16.1. The van der Waals surface area contributed by atoms with Gasteiger partial charge in [-0.15, -0.1) is 11.3 Å². The highest BCUT2D eigenvalue weighted by atomic mass is 35.5. The normalized spacial score (nSPS) is 15.5. The van der Waals surface area contributed by atoms with Gasteiger partial charge in [0.05, 0.1) is 5.69 Å². The van der Waals surface area contributed by atoms with Crippen LogP contribution in [0.15, 0.2) is 58.4 Å². The minimum atomic E-state index is 0. The Bertz CT molecular complexity index is 1180. The minimum Gasteiger partial charge on any atom is -1.00 e. The Morgan fingerprint density at radius 2 is 1.86 bits per heavy atom. The number of rotatable bonds is 3. The zero-order valence-corrected chi connectivity index (χ0v) is 18.4. The summed E-state index contributed by atoms with van der Waals surface area (Å²) in [5.41, 5.74) is 2.36. The number of fused-ring (bicyclic) bond motifs is 1. The summed E-state index contributed by atoms with van der Waals surface area (Å²) in [6.07, 6.45) is 4.19. The molecule has 0 bridgehead atoms. The van der Waals surface area contributed by atoms with Crippen LogP contribution in [0.25, 0.3) is 11.1 Å². The molecule has 0 N–H and O–H groups in total. The molecule has 0 spiro atoms. The van der Waals surface area contributed by atoms with Gasteiger partial charge in [0.15, 0.2) is 6.20 Å². The molecule has 7 heteroatoms. The molecule has 0 unspecified atom stereocenters. The molecule has 1 aliphatic heterocycles. The molecule has 1 aliphatic rings. The standard InChI is InChI=1S/C21H22N3OS2.ClH/c1-4-23-13-9-8-10-15(23)14-18-24(5-2)20(25)19(27-18)21-22(3)16-11-6-7-12-17(16)26-21;/h6-14H,4-5H2,1-3H3;1H/q+1;/p-1/b21-19+;. The van der Waals surface area contributed by atoms with E-state index in [9.17, 15) is 4.79 Å². The maximum Gasteiger partial charge on any atom is 0.271 e. The second kappa shape index (κ2) is 8.55. The number of halogens is 1. The first-order chi connectivity index (χ1) is 13.1. The molecule has 28 heavy (non-hydrogen) atoms. The highest BCUT2D eigenvalue weighted by molar-refractivity contribution is 8.08. The predicted octanol–water partition coefficient (Wildman–Crippen LogP) is -0.622. The number of aromatic nitrogens is 2. The van der Waals surface area contributed by atoms with Crippen LogP contribution in [0.3, 0.4) is 0 Å². The molecule has 0 atom stereocenters. The van der Waals surface area contributed by atoms with Gasteiger partial charge in [0.1, 0.15) is 20.8 Å². The lowest BCUT2D eigenvalue weighted by molar-refractivity contribution is -0.695. The van der Waals surface area contributed by atoms with Crippen molar-refractivity contribution in [3.8, 4) is 0 Å². The first-order valence-electron chi connectivity index (χ1n) is 9.08. The molecule has 4 rings (SSSR count). The van der Waals surface area contributed by atoms with Gasteiger partial charge in [0, 0.05) is 36.7 Å². The first-order valence-corrected chi connectivity index (χ1v) is 10.7. The third-order valence-electron chi connectivity index (χ3n) is 4.75. The lowest BCUT2D eigenvalue weighted by atomic mass is 10.3. The number of anilines is 1. The van der Waals surface area contributed by atoms with E-state index in [1.807, 2.05) is 42.8 Å². The lowest BCUT2D eigenvalue weighted by Gasteiger charge is -2.11. The Kier molecular flexibility index (Phi) is 6.33. The number of thiazole rings is 1. The summed E-state index contributed by atoms with van der Waals surface area (Å²) in [6.45, 7) is 5.71. The zero-order chi connectivity index (χ0) is 19.0. The van der Waals surface area contributed by atoms with Gasteiger partial charge in [-0.1, -0.05) is 23.9 Å². The van der Waals surface area contributed by atoms with E-state index in [0.717, 1.165) is 32.2 Å². The smallest absolute Gasteiger partial charge is 0.271 e. The maximum absolute atomic E-state index is 13.1. The molecule has 2 aromatic heterocycles. The number of aryl methyl sites for hydroxylation is 1. The van der Waals surface area contributed by atoms with Crippen LogP contribution in [-0.2, 0) is 13.1 Å². The van der Waals surface area contributed by atoms with E-state index in [1.54, 1.807) is 23.1 Å². The van der Waals surface area contributed by atoms with Crippen molar-refractivity contribution in [2.24, 2.45) is 0 Å². The summed E-state index contributed by atoms with van der Waals surface area (Å²) in [6, 6.07) is 14.4. The van der Waals surface area contributed by atoms with Crippen molar-refractivity contribution >= 4 is 39.9 Å². The summed E-state index contributed by atoms with van der Waals surface area (Å²) in [5, 5.41) is 1.02. The van der Waals surface area contributed by atoms with E-state index in [2.05, 4.69) is 46.9 Å². The average molecular weight is 432 g/mol. The first kappa shape index (κ1) is 20.7. The van der Waals surface area contributed by atoms with Crippen molar-refractivity contribution in [3.05, 3.63) is 73.9 Å². The van der Waals surface area contributed by atoms with Crippen molar-refractivity contribution in [1.29, 1.82) is 0 Å². The number of hydrogen-bond donors (Lipinski definition) is 0. The maximum atomic E-state index is 13.1. The Hall–Kier alpha value is -2.02. The molecule has 0 amide bonds. The fourth-order valence-electron chi connectivity index (χ4n) is 3.30. The summed E-state index contributed by atoms with van der Waals surface area (Å²) >= 11 is 3.26. The van der Waals surface area contributed by atoms with Gasteiger partial charge in [-0.05, 0) is 32.0 Å². The van der Waals surface area contributed by atoms with Crippen molar-refractivity contribution in [2.45, 2.75) is 31.8 Å². The van der Waals surface area contributed by atoms with Crippen LogP contribution in [0, 0.1) is 0 Å². The molecule has 3 aromatic rings. The predicted molar refractivity (Wildman–Crippen MR) is 113 cm³/mol. The van der Waals surface area contributed by atoms with Gasteiger partial charge in [0.2, 0.25) is 5.69 Å². The van der Waals surface area contributed by atoms with Crippen LogP contribution < -0.4 is 36.6 Å². The van der Waals surface area contributed by atoms with E-state index in [-0.39, 0.29) is 18.0 Å². The Morgan fingerprint density at radius 3 is 2.57 bits per heavy atom. The number of thioether (sulfide) groups is 1. The molecular weight excluding hydrogens is 410 g/mol. The molecule has 3 heterocycles. The third kappa shape index (κ3) is 3.52. The van der Waals surface area contributed by atoms with E-state index in [0.29, 0.717) is 6.54 Å². The minimum absolute atomic E-state index is 0. The van der Waals surface area contributed by atoms with Crippen LogP contribution in [0.5, 0.6) is 0 Å². The van der Waals surface area contributed by atoms with Crippen molar-refractivity contribution in [2.75, 3.05) is 11.9 Å². The van der Waals surface area contributed by atoms with Crippen molar-refractivity contribution in [1.82, 2.24) is 4.57 Å². The van der Waals surface area contributed by atoms with Crippen LogP contribution in [0.2, 0.25) is 0 Å². The number of benzene rings is 1. The molecule has 0 saturated heterocycles. The molecule has 0 radical (unpaired) electrons.